The van der Waals surface area contributed by atoms with Gasteiger partial charge in [-0.25, -0.2) is 9.97 Å². The van der Waals surface area contributed by atoms with Gasteiger partial charge >= 0.3 is 0 Å². The molecule has 0 saturated heterocycles. The number of pyridine rings is 1. The number of hydrazine groups is 2. The van der Waals surface area contributed by atoms with Crippen molar-refractivity contribution in [1.82, 2.24) is 40.0 Å². The normalized spacial score (nSPS) is 12.9. The Bertz CT molecular complexity index is 1450. The molecule has 1 aliphatic rings. The van der Waals surface area contributed by atoms with Gasteiger partial charge in [0.15, 0.2) is 11.6 Å². The molecule has 5 aromatic rings. The van der Waals surface area contributed by atoms with E-state index in [1.165, 1.54) is 0 Å². The van der Waals surface area contributed by atoms with Crippen molar-refractivity contribution in [3.05, 3.63) is 67.0 Å². The Balaban J connectivity index is 1.30. The molecule has 0 fully saturated rings. The molecule has 1 aromatic carbocycles. The number of anilines is 2. The summed E-state index contributed by atoms with van der Waals surface area (Å²) in [5.41, 5.74) is 12.1. The van der Waals surface area contributed by atoms with Gasteiger partial charge in [0.05, 0.1) is 36.3 Å². The van der Waals surface area contributed by atoms with Gasteiger partial charge in [-0.1, -0.05) is 6.07 Å². The molecule has 0 saturated carbocycles. The lowest BCUT2D eigenvalue weighted by atomic mass is 10.1. The summed E-state index contributed by atoms with van der Waals surface area (Å²) in [7, 11) is 3.79. The number of nitrogens with one attached hydrogen (secondary N) is 2. The van der Waals surface area contributed by atoms with Crippen LogP contribution in [0.3, 0.4) is 0 Å². The highest BCUT2D eigenvalue weighted by Gasteiger charge is 2.23. The minimum absolute atomic E-state index is 0.609. The molecule has 2 N–H and O–H groups in total. The highest BCUT2D eigenvalue weighted by molar-refractivity contribution is 5.84. The predicted molar refractivity (Wildman–Crippen MR) is 121 cm³/mol. The third kappa shape index (κ3) is 3.22. The molecule has 4 aromatic heterocycles. The summed E-state index contributed by atoms with van der Waals surface area (Å²) in [4.78, 5) is 13.9. The average molecular weight is 424 g/mol. The van der Waals surface area contributed by atoms with Crippen molar-refractivity contribution in [3.8, 4) is 22.4 Å². The molecule has 0 aliphatic carbocycles. The van der Waals surface area contributed by atoms with Gasteiger partial charge in [0.2, 0.25) is 0 Å². The number of fused-ring (bicyclic) bond motifs is 2. The summed E-state index contributed by atoms with van der Waals surface area (Å²) in [6, 6.07) is 8.42. The Morgan fingerprint density at radius 3 is 2.44 bits per heavy atom. The summed E-state index contributed by atoms with van der Waals surface area (Å²) in [6.07, 6.45) is 11.2. The topological polar surface area (TPSA) is 102 Å². The maximum atomic E-state index is 4.80. The molecule has 158 valence electrons. The van der Waals surface area contributed by atoms with Crippen LogP contribution in [-0.4, -0.2) is 34.5 Å². The largest absolute Gasteiger partial charge is 0.285 e. The van der Waals surface area contributed by atoms with Crippen LogP contribution < -0.4 is 16.0 Å². The maximum Gasteiger partial charge on any atom is 0.190 e. The highest BCUT2D eigenvalue weighted by atomic mass is 15.7. The lowest BCUT2D eigenvalue weighted by Crippen LogP contribution is -2.35. The fraction of sp³-hybridized carbons (Fsp3) is 0.136. The van der Waals surface area contributed by atoms with Gasteiger partial charge in [-0.3, -0.25) is 24.8 Å². The van der Waals surface area contributed by atoms with E-state index in [-0.39, 0.29) is 0 Å². The first kappa shape index (κ1) is 18.5. The molecular formula is C22H20N10. The molecule has 32 heavy (non-hydrogen) atoms. The minimum atomic E-state index is 0.609. The second-order valence-electron chi connectivity index (χ2n) is 7.81. The van der Waals surface area contributed by atoms with Crippen molar-refractivity contribution in [3.63, 3.8) is 0 Å². The SMILES string of the molecule is Cn1cc(-c2cnc3ccc(CN4NNc5ncc(-c6cnn(C)c6)nc54)cc3c2)cn1. The number of aromatic nitrogens is 7. The minimum Gasteiger partial charge on any atom is -0.285 e. The number of nitrogens with zero attached hydrogens (tertiary/aromatic N) is 8. The molecule has 0 spiro atoms. The number of benzene rings is 1. The molecule has 10 nitrogen and oxygen atoms in total. The van der Waals surface area contributed by atoms with E-state index in [2.05, 4.69) is 49.3 Å². The van der Waals surface area contributed by atoms with Crippen LogP contribution in [0.2, 0.25) is 0 Å². The molecule has 0 radical (unpaired) electrons. The quantitative estimate of drug-likeness (QED) is 0.454. The molecule has 10 heteroatoms. The van der Waals surface area contributed by atoms with E-state index in [4.69, 9.17) is 4.98 Å². The van der Waals surface area contributed by atoms with Crippen molar-refractivity contribution in [2.24, 2.45) is 14.1 Å². The van der Waals surface area contributed by atoms with E-state index in [1.54, 1.807) is 21.8 Å². The molecule has 1 aliphatic heterocycles. The summed E-state index contributed by atoms with van der Waals surface area (Å²) in [5.74, 6) is 1.44. The van der Waals surface area contributed by atoms with Crippen LogP contribution in [0, 0.1) is 0 Å². The fourth-order valence-corrected chi connectivity index (χ4v) is 3.83. The second kappa shape index (κ2) is 7.13. The molecule has 6 rings (SSSR count). The zero-order valence-electron chi connectivity index (χ0n) is 17.6. The molecule has 5 heterocycles. The van der Waals surface area contributed by atoms with Gasteiger partial charge in [0, 0.05) is 54.8 Å². The van der Waals surface area contributed by atoms with Crippen LogP contribution >= 0.6 is 0 Å². The third-order valence-corrected chi connectivity index (χ3v) is 5.44. The van der Waals surface area contributed by atoms with Crippen molar-refractivity contribution in [1.29, 1.82) is 0 Å². The first-order valence-corrected chi connectivity index (χ1v) is 10.2. The fourth-order valence-electron chi connectivity index (χ4n) is 3.83. The maximum absolute atomic E-state index is 4.80. The zero-order chi connectivity index (χ0) is 21.7. The van der Waals surface area contributed by atoms with E-state index in [0.717, 1.165) is 44.7 Å². The summed E-state index contributed by atoms with van der Waals surface area (Å²) in [5, 5.41) is 11.5. The van der Waals surface area contributed by atoms with Gasteiger partial charge in [-0.15, -0.1) is 5.53 Å². The van der Waals surface area contributed by atoms with Gasteiger partial charge in [0.1, 0.15) is 0 Å². The average Bonchev–Trinajstić information content (AvgIpc) is 3.53. The van der Waals surface area contributed by atoms with Gasteiger partial charge < -0.3 is 0 Å². The van der Waals surface area contributed by atoms with Crippen LogP contribution in [0.1, 0.15) is 5.56 Å². The number of hydrogen-bond donors (Lipinski definition) is 2. The standard InChI is InChI=1S/C22H20N10/c1-30-12-17(8-25-30)16-6-15-5-14(3-4-19(15)23-7-16)11-32-22-21(28-29-32)24-10-20(27-22)18-9-26-31(2)13-18/h3-10,12-13,29H,11H2,1-2H3,(H,24,28). The van der Waals surface area contributed by atoms with E-state index in [1.807, 2.05) is 50.0 Å². The Hall–Kier alpha value is -4.31. The number of aryl methyl sites for hydroxylation is 2. The molecular weight excluding hydrogens is 404 g/mol. The van der Waals surface area contributed by atoms with Crippen LogP contribution in [-0.2, 0) is 20.6 Å². The molecule has 0 bridgehead atoms. The molecule has 0 atom stereocenters. The molecule has 0 unspecified atom stereocenters. The first-order valence-electron chi connectivity index (χ1n) is 10.2. The third-order valence-electron chi connectivity index (χ3n) is 5.44. The van der Waals surface area contributed by atoms with Crippen molar-refractivity contribution < 1.29 is 0 Å². The Morgan fingerprint density at radius 1 is 0.844 bits per heavy atom. The van der Waals surface area contributed by atoms with Crippen molar-refractivity contribution >= 4 is 22.5 Å². The number of hydrogen-bond acceptors (Lipinski definition) is 8. The van der Waals surface area contributed by atoms with Crippen LogP contribution in [0.4, 0.5) is 11.6 Å². The summed E-state index contributed by atoms with van der Waals surface area (Å²) < 4.78 is 3.54. The van der Waals surface area contributed by atoms with E-state index < -0.39 is 0 Å². The highest BCUT2D eigenvalue weighted by Crippen LogP contribution is 2.29. The second-order valence-corrected chi connectivity index (χ2v) is 7.81. The van der Waals surface area contributed by atoms with E-state index in [9.17, 15) is 0 Å². The predicted octanol–water partition coefficient (Wildman–Crippen LogP) is 2.68. The Morgan fingerprint density at radius 2 is 1.66 bits per heavy atom. The van der Waals surface area contributed by atoms with Crippen LogP contribution in [0.5, 0.6) is 0 Å². The van der Waals surface area contributed by atoms with Crippen molar-refractivity contribution in [2.75, 3.05) is 10.4 Å². The first-order chi connectivity index (χ1) is 15.6. The Labute approximate surface area is 183 Å². The van der Waals surface area contributed by atoms with Crippen LogP contribution in [0.15, 0.2) is 61.4 Å². The van der Waals surface area contributed by atoms with Gasteiger partial charge in [-0.05, 0) is 23.8 Å². The number of rotatable bonds is 4. The summed E-state index contributed by atoms with van der Waals surface area (Å²) in [6.45, 7) is 0.609. The smallest absolute Gasteiger partial charge is 0.190 e. The monoisotopic (exact) mass is 424 g/mol. The zero-order valence-corrected chi connectivity index (χ0v) is 17.6. The summed E-state index contributed by atoms with van der Waals surface area (Å²) >= 11 is 0. The molecule has 0 amide bonds. The van der Waals surface area contributed by atoms with E-state index >= 15 is 0 Å². The van der Waals surface area contributed by atoms with Gasteiger partial charge in [0.25, 0.3) is 0 Å². The lowest BCUT2D eigenvalue weighted by molar-refractivity contribution is 0.717. The van der Waals surface area contributed by atoms with Gasteiger partial charge in [-0.2, -0.15) is 10.2 Å². The van der Waals surface area contributed by atoms with Crippen LogP contribution in [0.25, 0.3) is 33.3 Å². The van der Waals surface area contributed by atoms with E-state index in [0.29, 0.717) is 12.4 Å². The van der Waals surface area contributed by atoms with Crippen molar-refractivity contribution in [2.45, 2.75) is 6.54 Å². The Kier molecular flexibility index (Phi) is 4.12. The lowest BCUT2D eigenvalue weighted by Gasteiger charge is -2.17.